The summed E-state index contributed by atoms with van der Waals surface area (Å²) in [6.45, 7) is 2.17. The molecule has 1 amide bonds. The number of hydrogen-bond acceptors (Lipinski definition) is 3. The second-order valence-electron chi connectivity index (χ2n) is 4.37. The van der Waals surface area contributed by atoms with E-state index in [9.17, 15) is 9.59 Å². The minimum Gasteiger partial charge on any atom is -0.481 e. The Kier molecular flexibility index (Phi) is 6.42. The zero-order valence-corrected chi connectivity index (χ0v) is 12.0. The molecule has 0 saturated heterocycles. The van der Waals surface area contributed by atoms with Crippen molar-refractivity contribution in [2.24, 2.45) is 5.92 Å². The van der Waals surface area contributed by atoms with Crippen LogP contribution >= 0.6 is 11.8 Å². The molecule has 0 bridgehead atoms. The van der Waals surface area contributed by atoms with Crippen LogP contribution in [0, 0.1) is 5.92 Å². The van der Waals surface area contributed by atoms with Gasteiger partial charge in [0, 0.05) is 17.0 Å². The van der Waals surface area contributed by atoms with Gasteiger partial charge in [-0.25, -0.2) is 0 Å². The maximum Gasteiger partial charge on any atom is 0.306 e. The number of nitrogens with one attached hydrogen (secondary N) is 1. The normalized spacial score (nSPS) is 11.9. The topological polar surface area (TPSA) is 66.4 Å². The first-order valence-corrected chi connectivity index (χ1v) is 7.42. The van der Waals surface area contributed by atoms with E-state index in [0.29, 0.717) is 24.9 Å². The van der Waals surface area contributed by atoms with Gasteiger partial charge in [-0.15, -0.1) is 11.8 Å². The summed E-state index contributed by atoms with van der Waals surface area (Å²) in [5.74, 6) is -1.27. The molecule has 0 aliphatic heterocycles. The fourth-order valence-corrected chi connectivity index (χ4v) is 1.99. The third-order valence-corrected chi connectivity index (χ3v) is 3.62. The molecule has 0 heterocycles. The van der Waals surface area contributed by atoms with Gasteiger partial charge in [0.05, 0.1) is 5.92 Å². The third kappa shape index (κ3) is 5.34. The molecular weight excluding hydrogens is 262 g/mol. The first-order chi connectivity index (χ1) is 9.04. The highest BCUT2D eigenvalue weighted by atomic mass is 32.2. The van der Waals surface area contributed by atoms with Crippen molar-refractivity contribution < 1.29 is 14.7 Å². The number of carbonyl (C=O) groups is 2. The van der Waals surface area contributed by atoms with Crippen LogP contribution in [-0.4, -0.2) is 29.8 Å². The summed E-state index contributed by atoms with van der Waals surface area (Å²) in [7, 11) is 0. The lowest BCUT2D eigenvalue weighted by molar-refractivity contribution is -0.141. The van der Waals surface area contributed by atoms with E-state index in [-0.39, 0.29) is 11.8 Å². The molecule has 2 N–H and O–H groups in total. The summed E-state index contributed by atoms with van der Waals surface area (Å²) in [6, 6.07) is 7.40. The number of carboxylic acids is 1. The van der Waals surface area contributed by atoms with E-state index in [0.717, 1.165) is 4.90 Å². The molecule has 1 aromatic rings. The van der Waals surface area contributed by atoms with Crippen LogP contribution in [0.15, 0.2) is 29.2 Å². The first-order valence-electron chi connectivity index (χ1n) is 6.19. The second kappa shape index (κ2) is 7.84. The Morgan fingerprint density at radius 3 is 2.47 bits per heavy atom. The zero-order valence-electron chi connectivity index (χ0n) is 11.2. The molecule has 0 fully saturated rings. The molecule has 1 rings (SSSR count). The molecule has 0 spiro atoms. The molecule has 104 valence electrons. The summed E-state index contributed by atoms with van der Waals surface area (Å²) >= 11 is 1.63. The predicted octanol–water partition coefficient (Wildman–Crippen LogP) is 2.64. The first kappa shape index (κ1) is 15.6. The second-order valence-corrected chi connectivity index (χ2v) is 5.25. The van der Waals surface area contributed by atoms with Gasteiger partial charge < -0.3 is 10.4 Å². The standard InChI is InChI=1S/C14H19NO3S/c1-10(14(17)18)4-3-9-15-13(16)11-5-7-12(19-2)8-6-11/h5-8,10H,3-4,9H2,1-2H3,(H,15,16)(H,17,18). The molecule has 19 heavy (non-hydrogen) atoms. The molecule has 1 unspecified atom stereocenters. The van der Waals surface area contributed by atoms with Crippen LogP contribution in [0.2, 0.25) is 0 Å². The van der Waals surface area contributed by atoms with E-state index in [1.165, 1.54) is 0 Å². The Balaban J connectivity index is 2.32. The number of aliphatic carboxylic acids is 1. The van der Waals surface area contributed by atoms with E-state index in [1.54, 1.807) is 30.8 Å². The van der Waals surface area contributed by atoms with Gasteiger partial charge in [-0.2, -0.15) is 0 Å². The van der Waals surface area contributed by atoms with Crippen LogP contribution in [0.5, 0.6) is 0 Å². The van der Waals surface area contributed by atoms with Crippen molar-refractivity contribution in [2.45, 2.75) is 24.7 Å². The van der Waals surface area contributed by atoms with E-state index in [1.807, 2.05) is 18.4 Å². The minimum absolute atomic E-state index is 0.115. The van der Waals surface area contributed by atoms with Crippen LogP contribution in [0.4, 0.5) is 0 Å². The van der Waals surface area contributed by atoms with Crippen LogP contribution in [0.3, 0.4) is 0 Å². The van der Waals surface area contributed by atoms with Crippen molar-refractivity contribution in [3.63, 3.8) is 0 Å². The van der Waals surface area contributed by atoms with Crippen molar-refractivity contribution in [3.8, 4) is 0 Å². The number of carboxylic acid groups (broad SMARTS) is 1. The molecule has 4 nitrogen and oxygen atoms in total. The molecule has 0 saturated carbocycles. The Labute approximate surface area is 117 Å². The Morgan fingerprint density at radius 2 is 1.95 bits per heavy atom. The van der Waals surface area contributed by atoms with E-state index in [4.69, 9.17) is 5.11 Å². The number of benzene rings is 1. The third-order valence-electron chi connectivity index (χ3n) is 2.87. The van der Waals surface area contributed by atoms with Crippen LogP contribution in [0.1, 0.15) is 30.1 Å². The summed E-state index contributed by atoms with van der Waals surface area (Å²) in [5, 5.41) is 11.5. The highest BCUT2D eigenvalue weighted by Gasteiger charge is 2.10. The van der Waals surface area contributed by atoms with Crippen molar-refractivity contribution in [1.82, 2.24) is 5.32 Å². The van der Waals surface area contributed by atoms with E-state index < -0.39 is 5.97 Å². The van der Waals surface area contributed by atoms with Gasteiger partial charge in [0.15, 0.2) is 0 Å². The SMILES string of the molecule is CSc1ccc(C(=O)NCCCC(C)C(=O)O)cc1. The van der Waals surface area contributed by atoms with Crippen LogP contribution < -0.4 is 5.32 Å². The monoisotopic (exact) mass is 281 g/mol. The maximum absolute atomic E-state index is 11.8. The highest BCUT2D eigenvalue weighted by molar-refractivity contribution is 7.98. The molecule has 1 atom stereocenters. The molecule has 0 aliphatic carbocycles. The average Bonchev–Trinajstić information content (AvgIpc) is 2.43. The lowest BCUT2D eigenvalue weighted by Crippen LogP contribution is -2.25. The zero-order chi connectivity index (χ0) is 14.3. The van der Waals surface area contributed by atoms with E-state index in [2.05, 4.69) is 5.32 Å². The quantitative estimate of drug-likeness (QED) is 0.595. The Hall–Kier alpha value is -1.49. The number of thioether (sulfide) groups is 1. The molecule has 1 aromatic carbocycles. The fourth-order valence-electron chi connectivity index (χ4n) is 1.58. The van der Waals surface area contributed by atoms with Crippen molar-refractivity contribution >= 4 is 23.6 Å². The summed E-state index contributed by atoms with van der Waals surface area (Å²) in [4.78, 5) is 23.5. The number of rotatable bonds is 7. The van der Waals surface area contributed by atoms with Gasteiger partial charge in [-0.3, -0.25) is 9.59 Å². The van der Waals surface area contributed by atoms with Crippen LogP contribution in [-0.2, 0) is 4.79 Å². The van der Waals surface area contributed by atoms with Gasteiger partial charge in [0.25, 0.3) is 5.91 Å². The van der Waals surface area contributed by atoms with Gasteiger partial charge in [-0.1, -0.05) is 6.92 Å². The Morgan fingerprint density at radius 1 is 1.32 bits per heavy atom. The van der Waals surface area contributed by atoms with Gasteiger partial charge in [0.2, 0.25) is 0 Å². The van der Waals surface area contributed by atoms with E-state index >= 15 is 0 Å². The lowest BCUT2D eigenvalue weighted by Gasteiger charge is -2.07. The lowest BCUT2D eigenvalue weighted by atomic mass is 10.1. The number of carbonyl (C=O) groups excluding carboxylic acids is 1. The molecular formula is C14H19NO3S. The molecule has 0 aromatic heterocycles. The van der Waals surface area contributed by atoms with Crippen molar-refractivity contribution in [3.05, 3.63) is 29.8 Å². The molecule has 0 radical (unpaired) electrons. The minimum atomic E-state index is -0.793. The van der Waals surface area contributed by atoms with Gasteiger partial charge in [0.1, 0.15) is 0 Å². The van der Waals surface area contributed by atoms with Crippen LogP contribution in [0.25, 0.3) is 0 Å². The molecule has 5 heteroatoms. The van der Waals surface area contributed by atoms with Gasteiger partial charge in [-0.05, 0) is 43.4 Å². The highest BCUT2D eigenvalue weighted by Crippen LogP contribution is 2.14. The average molecular weight is 281 g/mol. The largest absolute Gasteiger partial charge is 0.481 e. The smallest absolute Gasteiger partial charge is 0.306 e. The number of amides is 1. The summed E-state index contributed by atoms with van der Waals surface area (Å²) in [6.07, 6.45) is 3.22. The van der Waals surface area contributed by atoms with Crippen molar-refractivity contribution in [2.75, 3.05) is 12.8 Å². The maximum atomic E-state index is 11.8. The fraction of sp³-hybridized carbons (Fsp3) is 0.429. The predicted molar refractivity (Wildman–Crippen MR) is 76.6 cm³/mol. The number of hydrogen-bond donors (Lipinski definition) is 2. The molecule has 0 aliphatic rings. The Bertz CT molecular complexity index is 431. The summed E-state index contributed by atoms with van der Waals surface area (Å²) in [5.41, 5.74) is 0.629. The van der Waals surface area contributed by atoms with Crippen molar-refractivity contribution in [1.29, 1.82) is 0 Å². The van der Waals surface area contributed by atoms with Gasteiger partial charge >= 0.3 is 5.97 Å². The summed E-state index contributed by atoms with van der Waals surface area (Å²) < 4.78 is 0.